The van der Waals surface area contributed by atoms with Crippen molar-refractivity contribution in [2.45, 2.75) is 50.8 Å². The van der Waals surface area contributed by atoms with E-state index < -0.39 is 12.3 Å². The Morgan fingerprint density at radius 2 is 1.77 bits per heavy atom. The van der Waals surface area contributed by atoms with Gasteiger partial charge in [-0.3, -0.25) is 0 Å². The average Bonchev–Trinajstić information content (AvgIpc) is 2.50. The van der Waals surface area contributed by atoms with Gasteiger partial charge >= 0.3 is 6.18 Å². The lowest BCUT2D eigenvalue weighted by molar-refractivity contribution is -0.206. The summed E-state index contributed by atoms with van der Waals surface area (Å²) in [5.74, 6) is 0.414. The van der Waals surface area contributed by atoms with Crippen molar-refractivity contribution in [3.8, 4) is 0 Å². The Labute approximate surface area is 75.9 Å². The summed E-state index contributed by atoms with van der Waals surface area (Å²) in [6, 6.07) is 0. The first-order valence-electron chi connectivity index (χ1n) is 4.75. The van der Waals surface area contributed by atoms with Crippen molar-refractivity contribution >= 4 is 0 Å². The van der Waals surface area contributed by atoms with Gasteiger partial charge in [0.15, 0.2) is 0 Å². The standard InChI is InChI=1S/C9H15F3O/c10-9(11,12)8(13)6-5-7-3-1-2-4-7/h7-8,13H,1-6H2/t8-/m1/s1. The molecule has 1 rings (SSSR count). The molecule has 1 fully saturated rings. The molecular formula is C9H15F3O. The predicted octanol–water partition coefficient (Wildman–Crippen LogP) is 2.88. The molecule has 1 atom stereocenters. The summed E-state index contributed by atoms with van der Waals surface area (Å²) in [6.45, 7) is 0. The molecule has 0 unspecified atom stereocenters. The van der Waals surface area contributed by atoms with Gasteiger partial charge in [0.05, 0.1) is 0 Å². The molecule has 0 aliphatic heterocycles. The van der Waals surface area contributed by atoms with Crippen LogP contribution in [0.1, 0.15) is 38.5 Å². The van der Waals surface area contributed by atoms with Crippen LogP contribution in [0.4, 0.5) is 13.2 Å². The van der Waals surface area contributed by atoms with E-state index in [1.165, 1.54) is 0 Å². The van der Waals surface area contributed by atoms with Crippen LogP contribution < -0.4 is 0 Å². The zero-order valence-electron chi connectivity index (χ0n) is 7.48. The van der Waals surface area contributed by atoms with Crippen LogP contribution in [0.5, 0.6) is 0 Å². The quantitative estimate of drug-likeness (QED) is 0.735. The van der Waals surface area contributed by atoms with Crippen LogP contribution in [-0.2, 0) is 0 Å². The monoisotopic (exact) mass is 196 g/mol. The Morgan fingerprint density at radius 1 is 1.23 bits per heavy atom. The highest BCUT2D eigenvalue weighted by Crippen LogP contribution is 2.31. The Balaban J connectivity index is 2.17. The molecule has 1 N–H and O–H groups in total. The molecule has 13 heavy (non-hydrogen) atoms. The first-order valence-corrected chi connectivity index (χ1v) is 4.75. The van der Waals surface area contributed by atoms with E-state index in [1.54, 1.807) is 0 Å². The molecule has 1 saturated carbocycles. The maximum atomic E-state index is 11.9. The van der Waals surface area contributed by atoms with Crippen molar-refractivity contribution in [3.05, 3.63) is 0 Å². The van der Waals surface area contributed by atoms with Gasteiger partial charge in [-0.05, 0) is 18.8 Å². The van der Waals surface area contributed by atoms with E-state index in [4.69, 9.17) is 5.11 Å². The van der Waals surface area contributed by atoms with E-state index in [0.29, 0.717) is 12.3 Å². The molecule has 78 valence electrons. The summed E-state index contributed by atoms with van der Waals surface area (Å²) in [6.07, 6.45) is -1.84. The molecule has 1 nitrogen and oxygen atoms in total. The van der Waals surface area contributed by atoms with Gasteiger partial charge in [-0.2, -0.15) is 13.2 Å². The SMILES string of the molecule is O[C@H](CCC1CCCC1)C(F)(F)F. The van der Waals surface area contributed by atoms with Gasteiger partial charge in [0.1, 0.15) is 6.10 Å². The Kier molecular flexibility index (Phi) is 3.59. The van der Waals surface area contributed by atoms with Gasteiger partial charge < -0.3 is 5.11 Å². The van der Waals surface area contributed by atoms with Crippen molar-refractivity contribution < 1.29 is 18.3 Å². The van der Waals surface area contributed by atoms with Gasteiger partial charge in [-0.25, -0.2) is 0 Å². The highest BCUT2D eigenvalue weighted by Gasteiger charge is 2.38. The minimum Gasteiger partial charge on any atom is -0.384 e. The second-order valence-electron chi connectivity index (χ2n) is 3.79. The summed E-state index contributed by atoms with van der Waals surface area (Å²) in [4.78, 5) is 0. The summed E-state index contributed by atoms with van der Waals surface area (Å²) in [5.41, 5.74) is 0. The summed E-state index contributed by atoms with van der Waals surface area (Å²) in [7, 11) is 0. The normalized spacial score (nSPS) is 22.2. The first-order chi connectivity index (χ1) is 6.00. The van der Waals surface area contributed by atoms with Crippen molar-refractivity contribution in [2.24, 2.45) is 5.92 Å². The molecule has 0 aromatic heterocycles. The minimum atomic E-state index is -4.43. The number of alkyl halides is 3. The Bertz CT molecular complexity index is 149. The van der Waals surface area contributed by atoms with Crippen LogP contribution >= 0.6 is 0 Å². The number of hydrogen-bond donors (Lipinski definition) is 1. The van der Waals surface area contributed by atoms with E-state index in [2.05, 4.69) is 0 Å². The van der Waals surface area contributed by atoms with Crippen LogP contribution in [0, 0.1) is 5.92 Å². The number of hydrogen-bond acceptors (Lipinski definition) is 1. The molecule has 0 aromatic carbocycles. The van der Waals surface area contributed by atoms with E-state index >= 15 is 0 Å². The number of aliphatic hydroxyl groups excluding tert-OH is 1. The molecule has 1 aliphatic rings. The Morgan fingerprint density at radius 3 is 2.23 bits per heavy atom. The molecule has 4 heteroatoms. The average molecular weight is 196 g/mol. The van der Waals surface area contributed by atoms with Crippen LogP contribution in [0.15, 0.2) is 0 Å². The third-order valence-corrected chi connectivity index (χ3v) is 2.70. The van der Waals surface area contributed by atoms with Gasteiger partial charge in [0.25, 0.3) is 0 Å². The third kappa shape index (κ3) is 3.55. The maximum Gasteiger partial charge on any atom is 0.414 e. The lowest BCUT2D eigenvalue weighted by Gasteiger charge is -2.16. The highest BCUT2D eigenvalue weighted by atomic mass is 19.4. The smallest absolute Gasteiger partial charge is 0.384 e. The second kappa shape index (κ2) is 4.31. The molecular weight excluding hydrogens is 181 g/mol. The number of halogens is 3. The number of rotatable bonds is 3. The summed E-state index contributed by atoms with van der Waals surface area (Å²) in [5, 5.41) is 8.72. The second-order valence-corrected chi connectivity index (χ2v) is 3.79. The van der Waals surface area contributed by atoms with E-state index in [9.17, 15) is 13.2 Å². The topological polar surface area (TPSA) is 20.2 Å². The molecule has 0 radical (unpaired) electrons. The largest absolute Gasteiger partial charge is 0.414 e. The zero-order chi connectivity index (χ0) is 9.90. The molecule has 0 saturated heterocycles. The molecule has 0 amide bonds. The minimum absolute atomic E-state index is 0.131. The summed E-state index contributed by atoms with van der Waals surface area (Å²) < 4.78 is 35.6. The highest BCUT2D eigenvalue weighted by molar-refractivity contribution is 4.71. The number of aliphatic hydroxyl groups is 1. The van der Waals surface area contributed by atoms with Crippen molar-refractivity contribution in [2.75, 3.05) is 0 Å². The van der Waals surface area contributed by atoms with Gasteiger partial charge in [-0.15, -0.1) is 0 Å². The van der Waals surface area contributed by atoms with Crippen LogP contribution in [0.3, 0.4) is 0 Å². The Hall–Kier alpha value is -0.250. The first kappa shape index (κ1) is 10.8. The van der Waals surface area contributed by atoms with Gasteiger partial charge in [0, 0.05) is 0 Å². The van der Waals surface area contributed by atoms with Crippen molar-refractivity contribution in [3.63, 3.8) is 0 Å². The predicted molar refractivity (Wildman–Crippen MR) is 43.3 cm³/mol. The maximum absolute atomic E-state index is 11.9. The molecule has 0 aromatic rings. The summed E-state index contributed by atoms with van der Waals surface area (Å²) >= 11 is 0. The van der Waals surface area contributed by atoms with Gasteiger partial charge in [-0.1, -0.05) is 25.7 Å². The van der Waals surface area contributed by atoms with E-state index in [0.717, 1.165) is 25.7 Å². The fraction of sp³-hybridized carbons (Fsp3) is 1.00. The molecule has 1 aliphatic carbocycles. The molecule has 0 spiro atoms. The fourth-order valence-electron chi connectivity index (χ4n) is 1.86. The van der Waals surface area contributed by atoms with Crippen LogP contribution in [0.2, 0.25) is 0 Å². The lowest BCUT2D eigenvalue weighted by atomic mass is 9.99. The van der Waals surface area contributed by atoms with Gasteiger partial charge in [0.2, 0.25) is 0 Å². The van der Waals surface area contributed by atoms with E-state index in [-0.39, 0.29) is 6.42 Å². The molecule has 0 bridgehead atoms. The van der Waals surface area contributed by atoms with Crippen LogP contribution in [0.25, 0.3) is 0 Å². The molecule has 0 heterocycles. The van der Waals surface area contributed by atoms with E-state index in [1.807, 2.05) is 0 Å². The van der Waals surface area contributed by atoms with Crippen molar-refractivity contribution in [1.82, 2.24) is 0 Å². The lowest BCUT2D eigenvalue weighted by Crippen LogP contribution is -2.28. The van der Waals surface area contributed by atoms with Crippen molar-refractivity contribution in [1.29, 1.82) is 0 Å². The third-order valence-electron chi connectivity index (χ3n) is 2.70. The zero-order valence-corrected chi connectivity index (χ0v) is 7.48. The fourth-order valence-corrected chi connectivity index (χ4v) is 1.86. The van der Waals surface area contributed by atoms with Crippen LogP contribution in [-0.4, -0.2) is 17.4 Å².